The van der Waals surface area contributed by atoms with Gasteiger partial charge in [-0.1, -0.05) is 59.7 Å². The molecule has 0 saturated heterocycles. The molecule has 0 spiro atoms. The summed E-state index contributed by atoms with van der Waals surface area (Å²) in [6.45, 7) is 4.22. The number of anilines is 2. The van der Waals surface area contributed by atoms with Gasteiger partial charge in [-0.3, -0.25) is 9.59 Å². The lowest BCUT2D eigenvalue weighted by Gasteiger charge is -2.06. The molecule has 0 saturated carbocycles. The minimum absolute atomic E-state index is 0.103. The summed E-state index contributed by atoms with van der Waals surface area (Å²) in [5.41, 5.74) is 10.5. The van der Waals surface area contributed by atoms with Gasteiger partial charge in [-0.25, -0.2) is 10.9 Å². The van der Waals surface area contributed by atoms with E-state index >= 15 is 0 Å². The van der Waals surface area contributed by atoms with Gasteiger partial charge in [0.15, 0.2) is 0 Å². The number of aryl methyl sites for hydroxylation is 2. The van der Waals surface area contributed by atoms with Crippen LogP contribution in [0.25, 0.3) is 0 Å². The van der Waals surface area contributed by atoms with Crippen LogP contribution < -0.4 is 21.5 Å². The molecule has 4 N–H and O–H groups in total. The topological polar surface area (TPSA) is 107 Å². The average molecular weight is 457 g/mol. The molecule has 0 aliphatic heterocycles. The smallest absolute Gasteiger partial charge is 0.259 e. The van der Waals surface area contributed by atoms with Crippen molar-refractivity contribution in [3.63, 3.8) is 0 Å². The van der Waals surface area contributed by atoms with Crippen LogP contribution in [0.15, 0.2) is 83.0 Å². The van der Waals surface area contributed by atoms with E-state index in [9.17, 15) is 9.59 Å². The summed E-state index contributed by atoms with van der Waals surface area (Å²) in [6, 6.07) is 22.9. The average Bonchev–Trinajstić information content (AvgIpc) is 2.84. The summed E-state index contributed by atoms with van der Waals surface area (Å²) in [4.78, 5) is 24.0. The molecule has 8 heteroatoms. The lowest BCUT2D eigenvalue weighted by molar-refractivity contribution is -0.120. The van der Waals surface area contributed by atoms with Crippen LogP contribution in [0, 0.1) is 13.8 Å². The summed E-state index contributed by atoms with van der Waals surface area (Å²) < 4.78 is 0. The van der Waals surface area contributed by atoms with Gasteiger partial charge in [0.25, 0.3) is 11.8 Å². The highest BCUT2D eigenvalue weighted by Gasteiger charge is 2.02. The largest absolute Gasteiger partial charge is 0.376 e. The van der Waals surface area contributed by atoms with Crippen molar-refractivity contribution in [3.05, 3.63) is 95.1 Å². The lowest BCUT2D eigenvalue weighted by Crippen LogP contribution is -2.26. The fourth-order valence-electron chi connectivity index (χ4n) is 2.88. The third-order valence-electron chi connectivity index (χ3n) is 4.79. The monoisotopic (exact) mass is 456 g/mol. The van der Waals surface area contributed by atoms with Gasteiger partial charge in [0.2, 0.25) is 0 Å². The van der Waals surface area contributed by atoms with Gasteiger partial charge in [-0.05, 0) is 38.1 Å². The molecule has 0 unspecified atom stereocenters. The van der Waals surface area contributed by atoms with Crippen LogP contribution in [0.1, 0.15) is 22.3 Å². The maximum Gasteiger partial charge on any atom is 0.259 e. The van der Waals surface area contributed by atoms with Crippen molar-refractivity contribution < 1.29 is 9.59 Å². The first-order valence-corrected chi connectivity index (χ1v) is 10.8. The fourth-order valence-corrected chi connectivity index (χ4v) is 2.88. The minimum atomic E-state index is -0.267. The van der Waals surface area contributed by atoms with Crippen LogP contribution in [-0.2, 0) is 9.59 Å². The first kappa shape index (κ1) is 24.2. The summed E-state index contributed by atoms with van der Waals surface area (Å²) in [6.07, 6.45) is 3.07. The number of benzene rings is 3. The molecule has 3 aromatic rings. The van der Waals surface area contributed by atoms with E-state index in [1.54, 1.807) is 0 Å². The first-order chi connectivity index (χ1) is 16.5. The van der Waals surface area contributed by atoms with Crippen LogP contribution in [0.5, 0.6) is 0 Å². The number of rotatable bonds is 10. The standard InChI is InChI=1S/C26H28N6O2/c1-19-7-11-23(12-8-19)27-17-25(33)31-29-15-21-5-3-4-6-22(21)16-30-32-26(34)18-28-24-13-9-20(2)10-14-24/h3-16,27-28H,17-18H2,1-2H3,(H,31,33)(H,32,34)/b29-15+,30-16+. The van der Waals surface area contributed by atoms with E-state index in [2.05, 4.69) is 31.7 Å². The van der Waals surface area contributed by atoms with Gasteiger partial charge in [-0.15, -0.1) is 0 Å². The predicted octanol–water partition coefficient (Wildman–Crippen LogP) is 3.43. The molecule has 0 aromatic heterocycles. The molecule has 0 aliphatic carbocycles. The third kappa shape index (κ3) is 8.23. The molecule has 0 fully saturated rings. The first-order valence-electron chi connectivity index (χ1n) is 10.8. The van der Waals surface area contributed by atoms with Crippen LogP contribution >= 0.6 is 0 Å². The SMILES string of the molecule is Cc1ccc(NCC(=O)N/N=C/c2ccccc2/C=N/NC(=O)CNc2ccc(C)cc2)cc1. The van der Waals surface area contributed by atoms with Gasteiger partial charge >= 0.3 is 0 Å². The van der Waals surface area contributed by atoms with Crippen molar-refractivity contribution in [2.75, 3.05) is 23.7 Å². The van der Waals surface area contributed by atoms with E-state index in [1.165, 1.54) is 12.4 Å². The van der Waals surface area contributed by atoms with E-state index < -0.39 is 0 Å². The van der Waals surface area contributed by atoms with E-state index in [4.69, 9.17) is 0 Å². The lowest BCUT2D eigenvalue weighted by atomic mass is 10.1. The summed E-state index contributed by atoms with van der Waals surface area (Å²) in [5.74, 6) is -0.535. The number of carbonyl (C=O) groups excluding carboxylic acids is 2. The summed E-state index contributed by atoms with van der Waals surface area (Å²) in [7, 11) is 0. The second-order valence-electron chi connectivity index (χ2n) is 7.65. The molecular weight excluding hydrogens is 428 g/mol. The maximum atomic E-state index is 12.0. The van der Waals surface area contributed by atoms with E-state index in [-0.39, 0.29) is 24.9 Å². The number of nitrogens with zero attached hydrogens (tertiary/aromatic N) is 2. The Morgan fingerprint density at radius 2 is 1.03 bits per heavy atom. The van der Waals surface area contributed by atoms with Crippen LogP contribution in [0.2, 0.25) is 0 Å². The Morgan fingerprint density at radius 3 is 1.41 bits per heavy atom. The number of amides is 2. The van der Waals surface area contributed by atoms with Crippen LogP contribution in [0.4, 0.5) is 11.4 Å². The molecule has 2 amide bonds. The van der Waals surface area contributed by atoms with E-state index in [1.807, 2.05) is 86.6 Å². The van der Waals surface area contributed by atoms with Crippen molar-refractivity contribution >= 4 is 35.6 Å². The Balaban J connectivity index is 1.45. The summed E-state index contributed by atoms with van der Waals surface area (Å²) >= 11 is 0. The number of nitrogens with one attached hydrogen (secondary N) is 4. The Kier molecular flexibility index (Phi) is 8.92. The molecule has 8 nitrogen and oxygen atoms in total. The van der Waals surface area contributed by atoms with Gasteiger partial charge in [0.05, 0.1) is 25.5 Å². The molecule has 3 rings (SSSR count). The highest BCUT2D eigenvalue weighted by molar-refractivity contribution is 5.95. The van der Waals surface area contributed by atoms with Gasteiger partial charge in [0, 0.05) is 22.5 Å². The normalized spacial score (nSPS) is 10.9. The quantitative estimate of drug-likeness (QED) is 0.277. The molecule has 174 valence electrons. The van der Waals surface area contributed by atoms with E-state index in [0.717, 1.165) is 33.6 Å². The molecule has 0 radical (unpaired) electrons. The van der Waals surface area contributed by atoms with Crippen LogP contribution in [0.3, 0.4) is 0 Å². The third-order valence-corrected chi connectivity index (χ3v) is 4.79. The van der Waals surface area contributed by atoms with E-state index in [0.29, 0.717) is 0 Å². The van der Waals surface area contributed by atoms with Crippen molar-refractivity contribution in [2.45, 2.75) is 13.8 Å². The highest BCUT2D eigenvalue weighted by Crippen LogP contribution is 2.08. The highest BCUT2D eigenvalue weighted by atomic mass is 16.2. The zero-order valence-corrected chi connectivity index (χ0v) is 19.2. The zero-order valence-electron chi connectivity index (χ0n) is 19.2. The molecule has 34 heavy (non-hydrogen) atoms. The van der Waals surface area contributed by atoms with Crippen molar-refractivity contribution in [3.8, 4) is 0 Å². The Morgan fingerprint density at radius 1 is 0.647 bits per heavy atom. The molecule has 0 aliphatic rings. The number of hydrogen-bond donors (Lipinski definition) is 4. The molecular formula is C26H28N6O2. The Hall–Kier alpha value is -4.46. The van der Waals surface area contributed by atoms with Gasteiger partial charge in [-0.2, -0.15) is 10.2 Å². The molecule has 0 heterocycles. The zero-order chi connectivity index (χ0) is 24.2. The molecule has 0 bridgehead atoms. The van der Waals surface area contributed by atoms with Gasteiger partial charge < -0.3 is 10.6 Å². The van der Waals surface area contributed by atoms with Gasteiger partial charge in [0.1, 0.15) is 0 Å². The van der Waals surface area contributed by atoms with Crippen LogP contribution in [-0.4, -0.2) is 37.3 Å². The fraction of sp³-hybridized carbons (Fsp3) is 0.154. The van der Waals surface area contributed by atoms with Crippen molar-refractivity contribution in [2.24, 2.45) is 10.2 Å². The number of hydrogen-bond acceptors (Lipinski definition) is 6. The number of carbonyl (C=O) groups is 2. The maximum absolute atomic E-state index is 12.0. The minimum Gasteiger partial charge on any atom is -0.376 e. The number of hydrazone groups is 2. The molecule has 0 atom stereocenters. The Labute approximate surface area is 199 Å². The predicted molar refractivity (Wildman–Crippen MR) is 137 cm³/mol. The second kappa shape index (κ2) is 12.5. The Bertz CT molecular complexity index is 1060. The summed E-state index contributed by atoms with van der Waals surface area (Å²) in [5, 5.41) is 14.1. The molecule has 3 aromatic carbocycles. The second-order valence-corrected chi connectivity index (χ2v) is 7.65. The van der Waals surface area contributed by atoms with Crippen molar-refractivity contribution in [1.82, 2.24) is 10.9 Å². The van der Waals surface area contributed by atoms with Crippen molar-refractivity contribution in [1.29, 1.82) is 0 Å².